The van der Waals surface area contributed by atoms with E-state index in [1.807, 2.05) is 18.2 Å². The first kappa shape index (κ1) is 15.1. The molecule has 0 aliphatic carbocycles. The lowest BCUT2D eigenvalue weighted by Crippen LogP contribution is -2.21. The topological polar surface area (TPSA) is 12.0 Å². The average Bonchev–Trinajstić information content (AvgIpc) is 2.45. The summed E-state index contributed by atoms with van der Waals surface area (Å²) in [6.45, 7) is 7.48. The lowest BCUT2D eigenvalue weighted by Gasteiger charge is -2.20. The molecule has 2 heteroatoms. The maximum absolute atomic E-state index is 6.12. The molecule has 106 valence electrons. The first-order valence-corrected chi connectivity index (χ1v) is 7.58. The highest BCUT2D eigenvalue weighted by atomic mass is 35.5. The Morgan fingerprint density at radius 1 is 0.950 bits per heavy atom. The maximum Gasteiger partial charge on any atom is 0.0577 e. The fourth-order valence-electron chi connectivity index (χ4n) is 2.39. The predicted molar refractivity (Wildman–Crippen MR) is 87.5 cm³/mol. The normalized spacial score (nSPS) is 12.7. The molecule has 0 spiro atoms. The van der Waals surface area contributed by atoms with Crippen LogP contribution >= 0.6 is 11.6 Å². The molecule has 0 radical (unpaired) electrons. The minimum absolute atomic E-state index is 0.194. The third-order valence-corrected chi connectivity index (χ3v) is 3.76. The molecular formula is C18H22ClN. The minimum Gasteiger partial charge on any atom is -0.307 e. The van der Waals surface area contributed by atoms with Crippen LogP contribution in [0.1, 0.15) is 49.4 Å². The van der Waals surface area contributed by atoms with Crippen molar-refractivity contribution in [1.29, 1.82) is 0 Å². The van der Waals surface area contributed by atoms with E-state index in [0.29, 0.717) is 5.92 Å². The van der Waals surface area contributed by atoms with Gasteiger partial charge < -0.3 is 5.32 Å². The summed E-state index contributed by atoms with van der Waals surface area (Å²) in [5, 5.41) is 4.31. The first-order valence-electron chi connectivity index (χ1n) is 7.20. The highest BCUT2D eigenvalue weighted by molar-refractivity contribution is 6.30. The van der Waals surface area contributed by atoms with Gasteiger partial charge in [0, 0.05) is 5.02 Å². The zero-order chi connectivity index (χ0) is 14.5. The van der Waals surface area contributed by atoms with Gasteiger partial charge in [-0.1, -0.05) is 68.8 Å². The standard InChI is InChI=1S/C18H22ClN/c1-4-20-18(16-6-5-7-17(19)12-16)15-10-8-14(9-11-15)13(2)3/h5-13,18,20H,4H2,1-3H3. The Bertz CT molecular complexity index is 546. The van der Waals surface area contributed by atoms with Crippen molar-refractivity contribution in [1.82, 2.24) is 5.32 Å². The second kappa shape index (κ2) is 6.92. The van der Waals surface area contributed by atoms with E-state index in [0.717, 1.165) is 11.6 Å². The summed E-state index contributed by atoms with van der Waals surface area (Å²) in [6, 6.07) is 17.1. The zero-order valence-electron chi connectivity index (χ0n) is 12.4. The van der Waals surface area contributed by atoms with Gasteiger partial charge in [0.1, 0.15) is 0 Å². The molecule has 0 saturated heterocycles. The summed E-state index contributed by atoms with van der Waals surface area (Å²) in [6.07, 6.45) is 0. The summed E-state index contributed by atoms with van der Waals surface area (Å²) in [5.41, 5.74) is 3.85. The SMILES string of the molecule is CCNC(c1ccc(C(C)C)cc1)c1cccc(Cl)c1. The van der Waals surface area contributed by atoms with Gasteiger partial charge in [-0.05, 0) is 41.3 Å². The van der Waals surface area contributed by atoms with E-state index in [9.17, 15) is 0 Å². The third-order valence-electron chi connectivity index (χ3n) is 3.53. The van der Waals surface area contributed by atoms with Crippen molar-refractivity contribution >= 4 is 11.6 Å². The van der Waals surface area contributed by atoms with Crippen LogP contribution < -0.4 is 5.32 Å². The lowest BCUT2D eigenvalue weighted by atomic mass is 9.95. The molecule has 0 aliphatic rings. The Hall–Kier alpha value is -1.31. The molecule has 1 atom stereocenters. The smallest absolute Gasteiger partial charge is 0.0577 e. The van der Waals surface area contributed by atoms with E-state index in [1.54, 1.807) is 0 Å². The number of nitrogens with one attached hydrogen (secondary N) is 1. The fourth-order valence-corrected chi connectivity index (χ4v) is 2.59. The molecule has 1 N–H and O–H groups in total. The summed E-state index contributed by atoms with van der Waals surface area (Å²) in [5.74, 6) is 0.563. The Balaban J connectivity index is 2.33. The highest BCUT2D eigenvalue weighted by Gasteiger charge is 2.13. The predicted octanol–water partition coefficient (Wildman–Crippen LogP) is 5.16. The lowest BCUT2D eigenvalue weighted by molar-refractivity contribution is 0.630. The number of rotatable bonds is 5. The second-order valence-electron chi connectivity index (χ2n) is 5.37. The van der Waals surface area contributed by atoms with Crippen molar-refractivity contribution in [3.63, 3.8) is 0 Å². The van der Waals surface area contributed by atoms with E-state index in [1.165, 1.54) is 16.7 Å². The van der Waals surface area contributed by atoms with Crippen molar-refractivity contribution in [2.45, 2.75) is 32.7 Å². The molecule has 0 saturated carbocycles. The molecule has 2 aromatic rings. The Kier molecular flexibility index (Phi) is 5.22. The Morgan fingerprint density at radius 3 is 2.15 bits per heavy atom. The molecule has 1 unspecified atom stereocenters. The average molecular weight is 288 g/mol. The summed E-state index contributed by atoms with van der Waals surface area (Å²) in [4.78, 5) is 0. The van der Waals surface area contributed by atoms with Crippen LogP contribution in [0.4, 0.5) is 0 Å². The zero-order valence-corrected chi connectivity index (χ0v) is 13.1. The van der Waals surface area contributed by atoms with Gasteiger partial charge in [-0.15, -0.1) is 0 Å². The van der Waals surface area contributed by atoms with Crippen molar-refractivity contribution in [3.05, 3.63) is 70.2 Å². The maximum atomic E-state index is 6.12. The van der Waals surface area contributed by atoms with Crippen molar-refractivity contribution in [2.75, 3.05) is 6.54 Å². The van der Waals surface area contributed by atoms with Gasteiger partial charge in [0.25, 0.3) is 0 Å². The highest BCUT2D eigenvalue weighted by Crippen LogP contribution is 2.26. The molecule has 0 amide bonds. The number of hydrogen-bond donors (Lipinski definition) is 1. The Labute approximate surface area is 127 Å². The van der Waals surface area contributed by atoms with Gasteiger partial charge in [0.2, 0.25) is 0 Å². The number of hydrogen-bond acceptors (Lipinski definition) is 1. The summed E-state index contributed by atoms with van der Waals surface area (Å²) >= 11 is 6.12. The van der Waals surface area contributed by atoms with Crippen molar-refractivity contribution in [3.8, 4) is 0 Å². The van der Waals surface area contributed by atoms with Gasteiger partial charge in [-0.3, -0.25) is 0 Å². The molecule has 1 nitrogen and oxygen atoms in total. The van der Waals surface area contributed by atoms with Crippen molar-refractivity contribution < 1.29 is 0 Å². The molecular weight excluding hydrogens is 266 g/mol. The molecule has 2 rings (SSSR count). The van der Waals surface area contributed by atoms with Crippen LogP contribution in [0.2, 0.25) is 5.02 Å². The molecule has 0 aromatic heterocycles. The van der Waals surface area contributed by atoms with E-state index < -0.39 is 0 Å². The monoisotopic (exact) mass is 287 g/mol. The van der Waals surface area contributed by atoms with Crippen LogP contribution in [-0.2, 0) is 0 Å². The minimum atomic E-state index is 0.194. The molecule has 2 aromatic carbocycles. The molecule has 0 aliphatic heterocycles. The Morgan fingerprint density at radius 2 is 1.60 bits per heavy atom. The molecule has 0 fully saturated rings. The van der Waals surface area contributed by atoms with Crippen LogP contribution in [0.25, 0.3) is 0 Å². The van der Waals surface area contributed by atoms with Crippen LogP contribution in [0.15, 0.2) is 48.5 Å². The molecule has 20 heavy (non-hydrogen) atoms. The third kappa shape index (κ3) is 3.62. The quantitative estimate of drug-likeness (QED) is 0.801. The van der Waals surface area contributed by atoms with Crippen LogP contribution in [-0.4, -0.2) is 6.54 Å². The van der Waals surface area contributed by atoms with E-state index in [-0.39, 0.29) is 6.04 Å². The van der Waals surface area contributed by atoms with Crippen LogP contribution in [0, 0.1) is 0 Å². The van der Waals surface area contributed by atoms with Gasteiger partial charge in [0.15, 0.2) is 0 Å². The number of halogens is 1. The first-order chi connectivity index (χ1) is 9.61. The summed E-state index contributed by atoms with van der Waals surface area (Å²) < 4.78 is 0. The van der Waals surface area contributed by atoms with Crippen molar-refractivity contribution in [2.24, 2.45) is 0 Å². The van der Waals surface area contributed by atoms with E-state index in [2.05, 4.69) is 56.4 Å². The van der Waals surface area contributed by atoms with Crippen LogP contribution in [0.5, 0.6) is 0 Å². The second-order valence-corrected chi connectivity index (χ2v) is 5.80. The van der Waals surface area contributed by atoms with Gasteiger partial charge in [-0.25, -0.2) is 0 Å². The largest absolute Gasteiger partial charge is 0.307 e. The van der Waals surface area contributed by atoms with E-state index >= 15 is 0 Å². The summed E-state index contributed by atoms with van der Waals surface area (Å²) in [7, 11) is 0. The fraction of sp³-hybridized carbons (Fsp3) is 0.333. The number of benzene rings is 2. The van der Waals surface area contributed by atoms with Gasteiger partial charge >= 0.3 is 0 Å². The molecule has 0 bridgehead atoms. The van der Waals surface area contributed by atoms with Gasteiger partial charge in [0.05, 0.1) is 6.04 Å². The van der Waals surface area contributed by atoms with Gasteiger partial charge in [-0.2, -0.15) is 0 Å². The van der Waals surface area contributed by atoms with Crippen LogP contribution in [0.3, 0.4) is 0 Å². The molecule has 0 heterocycles. The van der Waals surface area contributed by atoms with E-state index in [4.69, 9.17) is 11.6 Å².